The van der Waals surface area contributed by atoms with Crippen molar-refractivity contribution in [3.63, 3.8) is 0 Å². The van der Waals surface area contributed by atoms with Gasteiger partial charge in [-0.05, 0) is 31.5 Å². The molecular weight excluding hydrogens is 320 g/mol. The van der Waals surface area contributed by atoms with Gasteiger partial charge in [-0.15, -0.1) is 0 Å². The molecule has 4 heterocycles. The Morgan fingerprint density at radius 2 is 2.00 bits per heavy atom. The third kappa shape index (κ3) is 3.57. The number of carbonyl (C=O) groups excluding carboxylic acids is 1. The first kappa shape index (κ1) is 16.2. The molecule has 2 aromatic rings. The van der Waals surface area contributed by atoms with Crippen molar-refractivity contribution in [1.29, 1.82) is 0 Å². The van der Waals surface area contributed by atoms with Crippen LogP contribution in [0.5, 0.6) is 0 Å². The van der Waals surface area contributed by atoms with Gasteiger partial charge in [0.15, 0.2) is 5.76 Å². The van der Waals surface area contributed by atoms with Gasteiger partial charge in [0.25, 0.3) is 0 Å². The average molecular weight is 342 g/mol. The molecule has 132 valence electrons. The molecule has 0 spiro atoms. The van der Waals surface area contributed by atoms with E-state index < -0.39 is 0 Å². The van der Waals surface area contributed by atoms with Gasteiger partial charge in [0, 0.05) is 37.1 Å². The summed E-state index contributed by atoms with van der Waals surface area (Å²) in [5, 5.41) is 4.15. The number of pyridine rings is 1. The summed E-state index contributed by atoms with van der Waals surface area (Å²) in [5.41, 5.74) is 1.78. The Labute approximate surface area is 146 Å². The van der Waals surface area contributed by atoms with Crippen LogP contribution < -0.4 is 0 Å². The summed E-state index contributed by atoms with van der Waals surface area (Å²) in [6.45, 7) is 4.17. The number of likely N-dealkylation sites (tertiary alicyclic amines) is 1. The van der Waals surface area contributed by atoms with Crippen molar-refractivity contribution in [3.8, 4) is 11.3 Å². The minimum Gasteiger partial charge on any atom is -0.378 e. The first-order valence-corrected chi connectivity index (χ1v) is 8.78. The number of rotatable bonds is 4. The van der Waals surface area contributed by atoms with Crippen LogP contribution in [0.15, 0.2) is 35.1 Å². The van der Waals surface area contributed by atoms with E-state index in [2.05, 4.69) is 15.0 Å². The Morgan fingerprint density at radius 3 is 2.80 bits per heavy atom. The van der Waals surface area contributed by atoms with Crippen molar-refractivity contribution < 1.29 is 14.1 Å². The highest BCUT2D eigenvalue weighted by Crippen LogP contribution is 2.24. The quantitative estimate of drug-likeness (QED) is 0.840. The summed E-state index contributed by atoms with van der Waals surface area (Å²) < 4.78 is 10.8. The first-order valence-electron chi connectivity index (χ1n) is 8.78. The van der Waals surface area contributed by atoms with Crippen molar-refractivity contribution in [1.82, 2.24) is 19.9 Å². The standard InChI is InChI=1S/C18H22N4O3/c23-18(21-8-10-24-11-9-21)17-2-1-7-22(17)13-15-12-16(20-25-15)14-3-5-19-6-4-14/h3-6,12,17H,1-2,7-11,13H2/t17-/m0/s1. The van der Waals surface area contributed by atoms with Crippen molar-refractivity contribution in [2.75, 3.05) is 32.8 Å². The number of ether oxygens (including phenoxy) is 1. The number of morpholine rings is 1. The summed E-state index contributed by atoms with van der Waals surface area (Å²) >= 11 is 0. The van der Waals surface area contributed by atoms with Crippen LogP contribution in [-0.2, 0) is 16.1 Å². The van der Waals surface area contributed by atoms with E-state index in [1.54, 1.807) is 12.4 Å². The van der Waals surface area contributed by atoms with E-state index in [4.69, 9.17) is 9.26 Å². The average Bonchev–Trinajstić information content (AvgIpc) is 3.33. The van der Waals surface area contributed by atoms with Gasteiger partial charge in [-0.25, -0.2) is 0 Å². The number of amides is 1. The molecule has 2 aromatic heterocycles. The highest BCUT2D eigenvalue weighted by Gasteiger charge is 2.34. The SMILES string of the molecule is O=C([C@@H]1CCCN1Cc1cc(-c2ccncc2)no1)N1CCOCC1. The Hall–Kier alpha value is -2.25. The Balaban J connectivity index is 1.43. The summed E-state index contributed by atoms with van der Waals surface area (Å²) in [6, 6.07) is 5.70. The van der Waals surface area contributed by atoms with Crippen LogP contribution in [0.25, 0.3) is 11.3 Å². The van der Waals surface area contributed by atoms with Gasteiger partial charge in [-0.1, -0.05) is 5.16 Å². The summed E-state index contributed by atoms with van der Waals surface area (Å²) in [6.07, 6.45) is 5.41. The highest BCUT2D eigenvalue weighted by atomic mass is 16.5. The number of aromatic nitrogens is 2. The molecule has 7 heteroatoms. The normalized spacial score (nSPS) is 21.6. The Bertz CT molecular complexity index is 712. The molecule has 0 N–H and O–H groups in total. The summed E-state index contributed by atoms with van der Waals surface area (Å²) in [5.74, 6) is 1.00. The first-order chi connectivity index (χ1) is 12.3. The van der Waals surface area contributed by atoms with Gasteiger partial charge in [0.05, 0.1) is 25.8 Å². The van der Waals surface area contributed by atoms with Gasteiger partial charge < -0.3 is 14.2 Å². The second-order valence-corrected chi connectivity index (χ2v) is 6.48. The van der Waals surface area contributed by atoms with Crippen LogP contribution in [0.4, 0.5) is 0 Å². The summed E-state index contributed by atoms with van der Waals surface area (Å²) in [7, 11) is 0. The number of hydrogen-bond acceptors (Lipinski definition) is 6. The Morgan fingerprint density at radius 1 is 1.20 bits per heavy atom. The van der Waals surface area contributed by atoms with Crippen molar-refractivity contribution in [2.45, 2.75) is 25.4 Å². The van der Waals surface area contributed by atoms with E-state index in [-0.39, 0.29) is 11.9 Å². The predicted molar refractivity (Wildman–Crippen MR) is 90.6 cm³/mol. The van der Waals surface area contributed by atoms with Crippen LogP contribution in [0, 0.1) is 0 Å². The monoisotopic (exact) mass is 342 g/mol. The van der Waals surface area contributed by atoms with E-state index in [0.29, 0.717) is 32.8 Å². The number of carbonyl (C=O) groups is 1. The topological polar surface area (TPSA) is 71.7 Å². The molecule has 0 aromatic carbocycles. The zero-order valence-electron chi connectivity index (χ0n) is 14.1. The number of hydrogen-bond donors (Lipinski definition) is 0. The van der Waals surface area contributed by atoms with Gasteiger partial charge >= 0.3 is 0 Å². The van der Waals surface area contributed by atoms with Gasteiger partial charge in [-0.2, -0.15) is 0 Å². The van der Waals surface area contributed by atoms with E-state index in [0.717, 1.165) is 36.4 Å². The van der Waals surface area contributed by atoms with Crippen molar-refractivity contribution in [3.05, 3.63) is 36.4 Å². The molecule has 2 saturated heterocycles. The minimum atomic E-state index is -0.0624. The fraction of sp³-hybridized carbons (Fsp3) is 0.500. The van der Waals surface area contributed by atoms with Crippen LogP contribution in [-0.4, -0.2) is 64.7 Å². The lowest BCUT2D eigenvalue weighted by Gasteiger charge is -2.32. The third-order valence-corrected chi connectivity index (χ3v) is 4.87. The van der Waals surface area contributed by atoms with Gasteiger partial charge in [-0.3, -0.25) is 14.7 Å². The van der Waals surface area contributed by atoms with E-state index in [9.17, 15) is 4.79 Å². The van der Waals surface area contributed by atoms with E-state index >= 15 is 0 Å². The summed E-state index contributed by atoms with van der Waals surface area (Å²) in [4.78, 5) is 20.9. The van der Waals surface area contributed by atoms with E-state index in [1.165, 1.54) is 0 Å². The molecule has 2 aliphatic heterocycles. The molecule has 0 bridgehead atoms. The Kier molecular flexibility index (Phi) is 4.76. The van der Waals surface area contributed by atoms with Crippen LogP contribution in [0.3, 0.4) is 0 Å². The molecule has 0 aliphatic carbocycles. The molecule has 0 saturated carbocycles. The molecule has 2 aliphatic rings. The maximum absolute atomic E-state index is 12.8. The van der Waals surface area contributed by atoms with Crippen LogP contribution >= 0.6 is 0 Å². The van der Waals surface area contributed by atoms with Gasteiger partial charge in [0.2, 0.25) is 5.91 Å². The lowest BCUT2D eigenvalue weighted by atomic mass is 10.1. The molecular formula is C18H22N4O3. The second-order valence-electron chi connectivity index (χ2n) is 6.48. The largest absolute Gasteiger partial charge is 0.378 e. The maximum Gasteiger partial charge on any atom is 0.240 e. The molecule has 2 fully saturated rings. The molecule has 0 radical (unpaired) electrons. The molecule has 7 nitrogen and oxygen atoms in total. The zero-order valence-corrected chi connectivity index (χ0v) is 14.1. The van der Waals surface area contributed by atoms with Crippen LogP contribution in [0.2, 0.25) is 0 Å². The van der Waals surface area contributed by atoms with Crippen molar-refractivity contribution >= 4 is 5.91 Å². The van der Waals surface area contributed by atoms with Crippen LogP contribution in [0.1, 0.15) is 18.6 Å². The molecule has 4 rings (SSSR count). The third-order valence-electron chi connectivity index (χ3n) is 4.87. The fourth-order valence-electron chi connectivity index (χ4n) is 3.54. The smallest absolute Gasteiger partial charge is 0.240 e. The fourth-order valence-corrected chi connectivity index (χ4v) is 3.54. The minimum absolute atomic E-state index is 0.0624. The van der Waals surface area contributed by atoms with Gasteiger partial charge in [0.1, 0.15) is 5.69 Å². The second kappa shape index (κ2) is 7.33. The van der Waals surface area contributed by atoms with E-state index in [1.807, 2.05) is 23.1 Å². The number of nitrogens with zero attached hydrogens (tertiary/aromatic N) is 4. The lowest BCUT2D eigenvalue weighted by molar-refractivity contribution is -0.140. The molecule has 1 amide bonds. The maximum atomic E-state index is 12.8. The van der Waals surface area contributed by atoms with Crippen molar-refractivity contribution in [2.24, 2.45) is 0 Å². The predicted octanol–water partition coefficient (Wildman–Crippen LogP) is 1.56. The molecule has 0 unspecified atom stereocenters. The molecule has 25 heavy (non-hydrogen) atoms. The zero-order chi connectivity index (χ0) is 17.1. The molecule has 1 atom stereocenters. The highest BCUT2D eigenvalue weighted by molar-refractivity contribution is 5.82. The lowest BCUT2D eigenvalue weighted by Crippen LogP contribution is -2.49.